The Labute approximate surface area is 175 Å². The fourth-order valence-electron chi connectivity index (χ4n) is 3.58. The third-order valence-electron chi connectivity index (χ3n) is 5.15. The molecule has 1 aromatic heterocycles. The van der Waals surface area contributed by atoms with Crippen molar-refractivity contribution in [2.45, 2.75) is 33.1 Å². The molecule has 0 fully saturated rings. The summed E-state index contributed by atoms with van der Waals surface area (Å²) in [6.07, 6.45) is 2.22. The van der Waals surface area contributed by atoms with Gasteiger partial charge in [-0.05, 0) is 48.2 Å². The van der Waals surface area contributed by atoms with Gasteiger partial charge in [0.25, 0.3) is 0 Å². The smallest absolute Gasteiger partial charge is 0.226 e. The molecule has 1 unspecified atom stereocenters. The number of anilines is 1. The van der Waals surface area contributed by atoms with Gasteiger partial charge in [0.2, 0.25) is 5.91 Å². The Morgan fingerprint density at radius 1 is 1.24 bits per heavy atom. The molecule has 1 N–H and O–H groups in total. The van der Waals surface area contributed by atoms with E-state index in [-0.39, 0.29) is 11.8 Å². The van der Waals surface area contributed by atoms with Crippen LogP contribution in [0.15, 0.2) is 48.7 Å². The van der Waals surface area contributed by atoms with E-state index in [4.69, 9.17) is 16.3 Å². The van der Waals surface area contributed by atoms with Gasteiger partial charge in [0, 0.05) is 22.9 Å². The van der Waals surface area contributed by atoms with Gasteiger partial charge in [0.05, 0.1) is 18.5 Å². The van der Waals surface area contributed by atoms with Crippen molar-refractivity contribution in [1.29, 1.82) is 0 Å². The number of fused-ring (bicyclic) bond motifs is 1. The highest BCUT2D eigenvalue weighted by Gasteiger charge is 2.30. The zero-order valence-electron chi connectivity index (χ0n) is 16.8. The molecule has 0 spiro atoms. The molecule has 29 heavy (non-hydrogen) atoms. The Balaban J connectivity index is 1.68. The van der Waals surface area contributed by atoms with Crippen LogP contribution in [0.5, 0.6) is 5.75 Å². The molecule has 2 heterocycles. The number of nitrogens with one attached hydrogen (secondary N) is 1. The van der Waals surface area contributed by atoms with Crippen LogP contribution in [0.25, 0.3) is 5.69 Å². The topological polar surface area (TPSA) is 56.2 Å². The first-order chi connectivity index (χ1) is 13.9. The van der Waals surface area contributed by atoms with Crippen LogP contribution in [0.2, 0.25) is 5.02 Å². The van der Waals surface area contributed by atoms with Crippen LogP contribution in [0, 0.1) is 12.8 Å². The molecule has 0 bridgehead atoms. The Morgan fingerprint density at radius 2 is 2.00 bits per heavy atom. The van der Waals surface area contributed by atoms with Crippen molar-refractivity contribution < 1.29 is 9.53 Å². The number of hydrogen-bond donors (Lipinski definition) is 1. The summed E-state index contributed by atoms with van der Waals surface area (Å²) in [6, 6.07) is 13.7. The summed E-state index contributed by atoms with van der Waals surface area (Å²) < 4.78 is 7.54. The highest BCUT2D eigenvalue weighted by Crippen LogP contribution is 2.39. The lowest BCUT2D eigenvalue weighted by Gasteiger charge is -2.24. The van der Waals surface area contributed by atoms with Gasteiger partial charge in [-0.3, -0.25) is 4.79 Å². The zero-order valence-corrected chi connectivity index (χ0v) is 17.5. The molecule has 2 aromatic carbocycles. The summed E-state index contributed by atoms with van der Waals surface area (Å²) in [4.78, 5) is 12.5. The molecule has 5 nitrogen and oxygen atoms in total. The maximum atomic E-state index is 12.5. The van der Waals surface area contributed by atoms with E-state index in [0.29, 0.717) is 29.8 Å². The first kappa shape index (κ1) is 19.5. The van der Waals surface area contributed by atoms with Crippen LogP contribution in [0.4, 0.5) is 5.82 Å². The number of halogens is 1. The molecular formula is C23H24ClN3O2. The molecule has 6 heteroatoms. The maximum absolute atomic E-state index is 12.5. The SMILES string of the molecule is Cc1c(Cl)cccc1-n1ncc2c1NC(=O)CC2c1ccc(OCC(C)C)cc1. The molecule has 1 amide bonds. The van der Waals surface area contributed by atoms with E-state index in [9.17, 15) is 4.79 Å². The van der Waals surface area contributed by atoms with E-state index in [1.807, 2.05) is 55.6 Å². The van der Waals surface area contributed by atoms with Gasteiger partial charge >= 0.3 is 0 Å². The lowest BCUT2D eigenvalue weighted by molar-refractivity contribution is -0.116. The molecule has 0 saturated carbocycles. The minimum atomic E-state index is -0.0499. The minimum Gasteiger partial charge on any atom is -0.493 e. The van der Waals surface area contributed by atoms with Crippen molar-refractivity contribution in [3.05, 3.63) is 70.4 Å². The first-order valence-electron chi connectivity index (χ1n) is 9.80. The number of carbonyl (C=O) groups is 1. The van der Waals surface area contributed by atoms with Crippen molar-refractivity contribution in [3.8, 4) is 11.4 Å². The number of rotatable bonds is 5. The van der Waals surface area contributed by atoms with Crippen LogP contribution in [0.3, 0.4) is 0 Å². The number of aromatic nitrogens is 2. The average molecular weight is 410 g/mol. The van der Waals surface area contributed by atoms with Crippen molar-refractivity contribution in [2.24, 2.45) is 5.92 Å². The van der Waals surface area contributed by atoms with Crippen molar-refractivity contribution in [1.82, 2.24) is 9.78 Å². The van der Waals surface area contributed by atoms with Gasteiger partial charge in [-0.1, -0.05) is 43.6 Å². The third kappa shape index (κ3) is 3.87. The molecule has 0 saturated heterocycles. The number of benzene rings is 2. The van der Waals surface area contributed by atoms with Gasteiger partial charge in [-0.25, -0.2) is 4.68 Å². The standard InChI is InChI=1S/C23H24ClN3O2/c1-14(2)13-29-17-9-7-16(8-10-17)18-11-22(28)26-23-19(18)12-25-27(23)21-6-4-5-20(24)15(21)3/h4-10,12,14,18H,11,13H2,1-3H3,(H,26,28). The summed E-state index contributed by atoms with van der Waals surface area (Å²) in [6.45, 7) is 6.87. The summed E-state index contributed by atoms with van der Waals surface area (Å²) in [7, 11) is 0. The quantitative estimate of drug-likeness (QED) is 0.618. The molecule has 0 radical (unpaired) electrons. The van der Waals surface area contributed by atoms with Gasteiger partial charge in [-0.15, -0.1) is 0 Å². The van der Waals surface area contributed by atoms with Gasteiger partial charge < -0.3 is 10.1 Å². The second-order valence-electron chi connectivity index (χ2n) is 7.82. The summed E-state index contributed by atoms with van der Waals surface area (Å²) >= 11 is 6.29. The fraction of sp³-hybridized carbons (Fsp3) is 0.304. The van der Waals surface area contributed by atoms with E-state index in [2.05, 4.69) is 24.3 Å². The minimum absolute atomic E-state index is 0.0240. The highest BCUT2D eigenvalue weighted by molar-refractivity contribution is 6.31. The maximum Gasteiger partial charge on any atom is 0.226 e. The molecule has 1 aliphatic heterocycles. The van der Waals surface area contributed by atoms with Gasteiger partial charge in [0.15, 0.2) is 0 Å². The Kier molecular flexibility index (Phi) is 5.33. The number of nitrogens with zero attached hydrogens (tertiary/aromatic N) is 2. The Hall–Kier alpha value is -2.79. The largest absolute Gasteiger partial charge is 0.493 e. The van der Waals surface area contributed by atoms with Crippen LogP contribution < -0.4 is 10.1 Å². The van der Waals surface area contributed by atoms with Crippen molar-refractivity contribution in [3.63, 3.8) is 0 Å². The van der Waals surface area contributed by atoms with Gasteiger partial charge in [-0.2, -0.15) is 5.10 Å². The molecular weight excluding hydrogens is 386 g/mol. The highest BCUT2D eigenvalue weighted by atomic mass is 35.5. The Morgan fingerprint density at radius 3 is 2.72 bits per heavy atom. The Bertz CT molecular complexity index is 1040. The monoisotopic (exact) mass is 409 g/mol. The lowest BCUT2D eigenvalue weighted by Crippen LogP contribution is -2.24. The number of carbonyl (C=O) groups excluding carboxylic acids is 1. The predicted octanol–water partition coefficient (Wildman–Crippen LogP) is 5.34. The number of amides is 1. The van der Waals surface area contributed by atoms with E-state index < -0.39 is 0 Å². The van der Waals surface area contributed by atoms with Crippen molar-refractivity contribution in [2.75, 3.05) is 11.9 Å². The first-order valence-corrected chi connectivity index (χ1v) is 10.2. The zero-order chi connectivity index (χ0) is 20.5. The van der Waals surface area contributed by atoms with E-state index >= 15 is 0 Å². The third-order valence-corrected chi connectivity index (χ3v) is 5.56. The molecule has 4 rings (SSSR count). The lowest BCUT2D eigenvalue weighted by atomic mass is 9.87. The van der Waals surface area contributed by atoms with Crippen molar-refractivity contribution >= 4 is 23.3 Å². The van der Waals surface area contributed by atoms with E-state index in [1.54, 1.807) is 4.68 Å². The van der Waals surface area contributed by atoms with Crippen LogP contribution in [-0.2, 0) is 4.79 Å². The van der Waals surface area contributed by atoms with E-state index in [1.165, 1.54) is 0 Å². The van der Waals surface area contributed by atoms with Crippen LogP contribution >= 0.6 is 11.6 Å². The predicted molar refractivity (Wildman–Crippen MR) is 115 cm³/mol. The van der Waals surface area contributed by atoms with E-state index in [0.717, 1.165) is 28.1 Å². The molecule has 1 atom stereocenters. The molecule has 0 aliphatic carbocycles. The average Bonchev–Trinajstić information content (AvgIpc) is 3.12. The van der Waals surface area contributed by atoms with Crippen LogP contribution in [0.1, 0.15) is 42.9 Å². The molecule has 150 valence electrons. The fourth-order valence-corrected chi connectivity index (χ4v) is 3.75. The second kappa shape index (κ2) is 7.91. The summed E-state index contributed by atoms with van der Waals surface area (Å²) in [5, 5.41) is 8.23. The summed E-state index contributed by atoms with van der Waals surface area (Å²) in [5.74, 6) is 1.94. The van der Waals surface area contributed by atoms with Gasteiger partial charge in [0.1, 0.15) is 11.6 Å². The van der Waals surface area contributed by atoms with Crippen LogP contribution in [-0.4, -0.2) is 22.3 Å². The summed E-state index contributed by atoms with van der Waals surface area (Å²) in [5.41, 5.74) is 3.85. The molecule has 3 aromatic rings. The number of hydrogen-bond acceptors (Lipinski definition) is 3. The number of ether oxygens (including phenoxy) is 1. The normalized spacial score (nSPS) is 15.9. The second-order valence-corrected chi connectivity index (χ2v) is 8.23. The molecule has 1 aliphatic rings.